The van der Waals surface area contributed by atoms with E-state index < -0.39 is 0 Å². The van der Waals surface area contributed by atoms with Gasteiger partial charge < -0.3 is 15.0 Å². The maximum Gasteiger partial charge on any atom is 0.253 e. The molecule has 0 unspecified atom stereocenters. The average molecular weight is 328 g/mol. The number of rotatable bonds is 5. The Morgan fingerprint density at radius 1 is 1.17 bits per heavy atom. The summed E-state index contributed by atoms with van der Waals surface area (Å²) in [6.45, 7) is 4.00. The molecule has 0 radical (unpaired) electrons. The van der Waals surface area contributed by atoms with E-state index in [9.17, 15) is 4.79 Å². The molecular weight excluding hydrogens is 300 g/mol. The SMILES string of the molecule is O=C(NCC[C@@H]1C[C@H]2CC[C@H]1C2)c1ccccc1N1CCOCC1. The summed E-state index contributed by atoms with van der Waals surface area (Å²) in [6.07, 6.45) is 6.85. The van der Waals surface area contributed by atoms with Gasteiger partial charge in [0, 0.05) is 25.3 Å². The molecule has 1 aliphatic heterocycles. The number of ether oxygens (including phenoxy) is 1. The number of anilines is 1. The number of carbonyl (C=O) groups is 1. The van der Waals surface area contributed by atoms with Crippen molar-refractivity contribution in [3.8, 4) is 0 Å². The van der Waals surface area contributed by atoms with E-state index in [1.165, 1.54) is 25.7 Å². The van der Waals surface area contributed by atoms with Gasteiger partial charge in [-0.3, -0.25) is 4.79 Å². The largest absolute Gasteiger partial charge is 0.378 e. The standard InChI is InChI=1S/C20H28N2O2/c23-20(21-8-7-17-14-15-5-6-16(17)13-15)18-3-1-2-4-19(18)22-9-11-24-12-10-22/h1-4,15-17H,5-14H2,(H,21,23)/t15-,16-,17+/m0/s1. The van der Waals surface area contributed by atoms with E-state index in [-0.39, 0.29) is 5.91 Å². The predicted octanol–water partition coefficient (Wildman–Crippen LogP) is 3.08. The molecule has 2 saturated carbocycles. The van der Waals surface area contributed by atoms with Crippen LogP contribution >= 0.6 is 0 Å². The van der Waals surface area contributed by atoms with Crippen molar-refractivity contribution in [3.63, 3.8) is 0 Å². The average Bonchev–Trinajstić information content (AvgIpc) is 3.25. The molecule has 3 aliphatic rings. The Morgan fingerprint density at radius 3 is 2.75 bits per heavy atom. The topological polar surface area (TPSA) is 41.6 Å². The van der Waals surface area contributed by atoms with Gasteiger partial charge in [-0.05, 0) is 55.6 Å². The second-order valence-electron chi connectivity index (χ2n) is 7.60. The van der Waals surface area contributed by atoms with E-state index in [0.717, 1.165) is 68.3 Å². The number of nitrogens with zero attached hydrogens (tertiary/aromatic N) is 1. The molecule has 0 aromatic heterocycles. The highest BCUT2D eigenvalue weighted by Crippen LogP contribution is 2.49. The fourth-order valence-corrected chi connectivity index (χ4v) is 4.94. The predicted molar refractivity (Wildman–Crippen MR) is 95.4 cm³/mol. The van der Waals surface area contributed by atoms with Crippen LogP contribution in [-0.2, 0) is 4.74 Å². The van der Waals surface area contributed by atoms with Crippen LogP contribution in [0.25, 0.3) is 0 Å². The lowest BCUT2D eigenvalue weighted by atomic mass is 9.86. The summed E-state index contributed by atoms with van der Waals surface area (Å²) in [5, 5.41) is 3.17. The Kier molecular flexibility index (Phi) is 4.74. The minimum Gasteiger partial charge on any atom is -0.378 e. The van der Waals surface area contributed by atoms with Crippen molar-refractivity contribution in [2.75, 3.05) is 37.7 Å². The van der Waals surface area contributed by atoms with Crippen LogP contribution < -0.4 is 10.2 Å². The molecule has 1 aromatic carbocycles. The van der Waals surface area contributed by atoms with Gasteiger partial charge in [-0.15, -0.1) is 0 Å². The fraction of sp³-hybridized carbons (Fsp3) is 0.650. The first-order valence-corrected chi connectivity index (χ1v) is 9.51. The molecule has 1 N–H and O–H groups in total. The second kappa shape index (κ2) is 7.14. The lowest BCUT2D eigenvalue weighted by Gasteiger charge is -2.30. The number of fused-ring (bicyclic) bond motifs is 2. The van der Waals surface area contributed by atoms with E-state index >= 15 is 0 Å². The molecule has 0 spiro atoms. The molecule has 24 heavy (non-hydrogen) atoms. The van der Waals surface area contributed by atoms with Crippen LogP contribution in [0.1, 0.15) is 42.5 Å². The molecule has 1 amide bonds. The lowest BCUT2D eigenvalue weighted by Crippen LogP contribution is -2.38. The number of nitrogens with one attached hydrogen (secondary N) is 1. The molecule has 1 aromatic rings. The summed E-state index contributed by atoms with van der Waals surface area (Å²) in [5.74, 6) is 2.84. The number of para-hydroxylation sites is 1. The van der Waals surface area contributed by atoms with E-state index in [4.69, 9.17) is 4.74 Å². The van der Waals surface area contributed by atoms with Crippen molar-refractivity contribution >= 4 is 11.6 Å². The quantitative estimate of drug-likeness (QED) is 0.903. The summed E-state index contributed by atoms with van der Waals surface area (Å²) >= 11 is 0. The van der Waals surface area contributed by atoms with Gasteiger partial charge in [0.2, 0.25) is 0 Å². The molecule has 130 valence electrons. The second-order valence-corrected chi connectivity index (χ2v) is 7.60. The van der Waals surface area contributed by atoms with Crippen molar-refractivity contribution in [2.45, 2.75) is 32.1 Å². The van der Waals surface area contributed by atoms with Crippen LogP contribution in [0.3, 0.4) is 0 Å². The van der Waals surface area contributed by atoms with Crippen LogP contribution in [0.15, 0.2) is 24.3 Å². The normalized spacial score (nSPS) is 29.0. The molecule has 2 aliphatic carbocycles. The third-order valence-corrected chi connectivity index (χ3v) is 6.19. The molecule has 1 saturated heterocycles. The Labute approximate surface area is 144 Å². The fourth-order valence-electron chi connectivity index (χ4n) is 4.94. The number of carbonyl (C=O) groups excluding carboxylic acids is 1. The summed E-state index contributed by atoms with van der Waals surface area (Å²) in [5.41, 5.74) is 1.84. The summed E-state index contributed by atoms with van der Waals surface area (Å²) in [6, 6.07) is 7.96. The zero-order valence-corrected chi connectivity index (χ0v) is 14.4. The summed E-state index contributed by atoms with van der Waals surface area (Å²) in [4.78, 5) is 14.9. The molecule has 4 heteroatoms. The van der Waals surface area contributed by atoms with Gasteiger partial charge in [0.1, 0.15) is 0 Å². The highest BCUT2D eigenvalue weighted by atomic mass is 16.5. The molecular formula is C20H28N2O2. The van der Waals surface area contributed by atoms with Gasteiger partial charge in [-0.1, -0.05) is 18.6 Å². The zero-order chi connectivity index (χ0) is 16.4. The first-order chi connectivity index (χ1) is 11.8. The van der Waals surface area contributed by atoms with Crippen LogP contribution in [0.2, 0.25) is 0 Å². The van der Waals surface area contributed by atoms with Crippen molar-refractivity contribution in [1.29, 1.82) is 0 Å². The van der Waals surface area contributed by atoms with Crippen molar-refractivity contribution < 1.29 is 9.53 Å². The first-order valence-electron chi connectivity index (χ1n) is 9.51. The molecule has 3 fully saturated rings. The number of amides is 1. The Balaban J connectivity index is 1.34. The van der Waals surface area contributed by atoms with Crippen molar-refractivity contribution in [2.24, 2.45) is 17.8 Å². The van der Waals surface area contributed by atoms with Gasteiger partial charge in [0.05, 0.1) is 18.8 Å². The molecule has 4 rings (SSSR count). The minimum absolute atomic E-state index is 0.0697. The van der Waals surface area contributed by atoms with E-state index in [0.29, 0.717) is 0 Å². The number of hydrogen-bond donors (Lipinski definition) is 1. The van der Waals surface area contributed by atoms with Gasteiger partial charge in [0.25, 0.3) is 5.91 Å². The third-order valence-electron chi connectivity index (χ3n) is 6.19. The van der Waals surface area contributed by atoms with Gasteiger partial charge >= 0.3 is 0 Å². The highest BCUT2D eigenvalue weighted by molar-refractivity contribution is 5.99. The van der Waals surface area contributed by atoms with Crippen molar-refractivity contribution in [1.82, 2.24) is 5.32 Å². The van der Waals surface area contributed by atoms with Crippen LogP contribution in [-0.4, -0.2) is 38.8 Å². The first kappa shape index (κ1) is 15.9. The van der Waals surface area contributed by atoms with Gasteiger partial charge in [-0.2, -0.15) is 0 Å². The van der Waals surface area contributed by atoms with Crippen LogP contribution in [0.4, 0.5) is 5.69 Å². The Bertz CT molecular complexity index is 583. The Morgan fingerprint density at radius 2 is 2.00 bits per heavy atom. The van der Waals surface area contributed by atoms with E-state index in [2.05, 4.69) is 16.3 Å². The Hall–Kier alpha value is -1.55. The molecule has 1 heterocycles. The number of hydrogen-bond acceptors (Lipinski definition) is 3. The monoisotopic (exact) mass is 328 g/mol. The van der Waals surface area contributed by atoms with Crippen LogP contribution in [0.5, 0.6) is 0 Å². The highest BCUT2D eigenvalue weighted by Gasteiger charge is 2.38. The minimum atomic E-state index is 0.0697. The smallest absolute Gasteiger partial charge is 0.253 e. The summed E-state index contributed by atoms with van der Waals surface area (Å²) < 4.78 is 5.43. The molecule has 2 bridgehead atoms. The lowest BCUT2D eigenvalue weighted by molar-refractivity contribution is 0.0948. The van der Waals surface area contributed by atoms with E-state index in [1.54, 1.807) is 0 Å². The third kappa shape index (κ3) is 3.30. The maximum absolute atomic E-state index is 12.7. The van der Waals surface area contributed by atoms with Crippen molar-refractivity contribution in [3.05, 3.63) is 29.8 Å². The van der Waals surface area contributed by atoms with Gasteiger partial charge in [0.15, 0.2) is 0 Å². The zero-order valence-electron chi connectivity index (χ0n) is 14.4. The van der Waals surface area contributed by atoms with Crippen LogP contribution in [0, 0.1) is 17.8 Å². The number of morpholine rings is 1. The van der Waals surface area contributed by atoms with E-state index in [1.807, 2.05) is 18.2 Å². The molecule has 3 atom stereocenters. The maximum atomic E-state index is 12.7. The summed E-state index contributed by atoms with van der Waals surface area (Å²) in [7, 11) is 0. The molecule has 4 nitrogen and oxygen atoms in total. The number of benzene rings is 1. The van der Waals surface area contributed by atoms with Gasteiger partial charge in [-0.25, -0.2) is 0 Å².